The second kappa shape index (κ2) is 7.94. The largest absolute Gasteiger partial charge is 0.467 e. The van der Waals surface area contributed by atoms with E-state index in [-0.39, 0.29) is 6.61 Å². The van der Waals surface area contributed by atoms with E-state index in [4.69, 9.17) is 9.15 Å². The lowest BCUT2D eigenvalue weighted by molar-refractivity contribution is -0.0178. The van der Waals surface area contributed by atoms with Crippen LogP contribution in [-0.4, -0.2) is 41.6 Å². The highest BCUT2D eigenvalue weighted by Crippen LogP contribution is 2.31. The van der Waals surface area contributed by atoms with Crippen LogP contribution in [0, 0.1) is 5.92 Å². The fourth-order valence-electron chi connectivity index (χ4n) is 3.01. The molecule has 120 valence electrons. The van der Waals surface area contributed by atoms with Gasteiger partial charge in [-0.15, -0.1) is 0 Å². The normalized spacial score (nSPS) is 27.7. The third-order valence-corrected chi connectivity index (χ3v) is 4.04. The average molecular weight is 297 g/mol. The van der Waals surface area contributed by atoms with E-state index in [1.807, 2.05) is 12.1 Å². The van der Waals surface area contributed by atoms with E-state index in [1.165, 1.54) is 6.42 Å². The molecule has 3 unspecified atom stereocenters. The molecule has 21 heavy (non-hydrogen) atoms. The number of aliphatic hydroxyl groups excluding tert-OH is 1. The monoisotopic (exact) mass is 297 g/mol. The predicted octanol–water partition coefficient (Wildman–Crippen LogP) is 1.69. The Bertz CT molecular complexity index is 395. The van der Waals surface area contributed by atoms with Gasteiger partial charge in [-0.3, -0.25) is 0 Å². The molecule has 0 aliphatic heterocycles. The molecule has 0 spiro atoms. The molecule has 1 heterocycles. The smallest absolute Gasteiger partial charge is 0.129 e. The highest BCUT2D eigenvalue weighted by molar-refractivity contribution is 4.96. The lowest BCUT2D eigenvalue weighted by Crippen LogP contribution is -2.46. The number of ether oxygens (including phenoxy) is 1. The maximum Gasteiger partial charge on any atom is 0.129 e. The van der Waals surface area contributed by atoms with Crippen molar-refractivity contribution in [3.63, 3.8) is 0 Å². The van der Waals surface area contributed by atoms with Crippen LogP contribution in [-0.2, 0) is 11.3 Å². The SMILES string of the molecule is CC1CCCC(O)(CNCC(O)COCc2ccco2)C1. The zero-order chi connectivity index (χ0) is 15.1. The summed E-state index contributed by atoms with van der Waals surface area (Å²) in [5.41, 5.74) is -0.619. The van der Waals surface area contributed by atoms with Gasteiger partial charge in [-0.2, -0.15) is 0 Å². The molecule has 1 aliphatic rings. The van der Waals surface area contributed by atoms with Crippen molar-refractivity contribution >= 4 is 0 Å². The molecule has 1 aromatic heterocycles. The maximum absolute atomic E-state index is 10.5. The summed E-state index contributed by atoms with van der Waals surface area (Å²) < 4.78 is 10.5. The molecule has 0 radical (unpaired) electrons. The lowest BCUT2D eigenvalue weighted by Gasteiger charge is -2.36. The van der Waals surface area contributed by atoms with Gasteiger partial charge >= 0.3 is 0 Å². The number of nitrogens with one attached hydrogen (secondary N) is 1. The van der Waals surface area contributed by atoms with E-state index in [9.17, 15) is 10.2 Å². The van der Waals surface area contributed by atoms with Crippen molar-refractivity contribution in [2.75, 3.05) is 19.7 Å². The molecule has 1 aromatic rings. The van der Waals surface area contributed by atoms with E-state index in [0.29, 0.717) is 25.6 Å². The van der Waals surface area contributed by atoms with Gasteiger partial charge in [0.15, 0.2) is 0 Å². The molecule has 1 fully saturated rings. The van der Waals surface area contributed by atoms with Crippen LogP contribution in [0.1, 0.15) is 38.4 Å². The molecule has 0 saturated heterocycles. The summed E-state index contributed by atoms with van der Waals surface area (Å²) >= 11 is 0. The van der Waals surface area contributed by atoms with Gasteiger partial charge in [-0.25, -0.2) is 0 Å². The Morgan fingerprint density at radius 3 is 3.14 bits per heavy atom. The van der Waals surface area contributed by atoms with Gasteiger partial charge in [0.2, 0.25) is 0 Å². The first kappa shape index (κ1) is 16.5. The van der Waals surface area contributed by atoms with Crippen LogP contribution < -0.4 is 5.32 Å². The summed E-state index contributed by atoms with van der Waals surface area (Å²) in [5, 5.41) is 23.5. The highest BCUT2D eigenvalue weighted by atomic mass is 16.5. The van der Waals surface area contributed by atoms with E-state index in [0.717, 1.165) is 25.0 Å². The Kier molecular flexibility index (Phi) is 6.23. The average Bonchev–Trinajstić information content (AvgIpc) is 2.91. The molecule has 5 heteroatoms. The minimum Gasteiger partial charge on any atom is -0.467 e. The fourth-order valence-corrected chi connectivity index (χ4v) is 3.01. The van der Waals surface area contributed by atoms with Crippen LogP contribution in [0.3, 0.4) is 0 Å². The third kappa shape index (κ3) is 5.79. The predicted molar refractivity (Wildman–Crippen MR) is 79.8 cm³/mol. The van der Waals surface area contributed by atoms with Crippen molar-refractivity contribution in [3.8, 4) is 0 Å². The van der Waals surface area contributed by atoms with Crippen LogP contribution in [0.4, 0.5) is 0 Å². The summed E-state index contributed by atoms with van der Waals surface area (Å²) in [5.74, 6) is 1.33. The molecule has 5 nitrogen and oxygen atoms in total. The second-order valence-corrected chi connectivity index (χ2v) is 6.31. The first-order chi connectivity index (χ1) is 10.1. The van der Waals surface area contributed by atoms with Gasteiger partial charge in [0, 0.05) is 13.1 Å². The van der Waals surface area contributed by atoms with E-state index < -0.39 is 11.7 Å². The Morgan fingerprint density at radius 2 is 2.43 bits per heavy atom. The van der Waals surface area contributed by atoms with Gasteiger partial charge in [0.05, 0.1) is 24.6 Å². The van der Waals surface area contributed by atoms with Crippen molar-refractivity contribution in [2.45, 2.75) is 50.9 Å². The standard InChI is InChI=1S/C16H27NO4/c1-13-4-2-6-16(19,8-13)12-17-9-14(18)10-20-11-15-5-3-7-21-15/h3,5,7,13-14,17-19H,2,4,6,8-12H2,1H3. The van der Waals surface area contributed by atoms with Crippen LogP contribution in [0.5, 0.6) is 0 Å². The topological polar surface area (TPSA) is 74.9 Å². The van der Waals surface area contributed by atoms with Crippen molar-refractivity contribution in [3.05, 3.63) is 24.2 Å². The Labute approximate surface area is 126 Å². The molecule has 0 aromatic carbocycles. The highest BCUT2D eigenvalue weighted by Gasteiger charge is 2.32. The van der Waals surface area contributed by atoms with Crippen LogP contribution in [0.25, 0.3) is 0 Å². The molecular formula is C16H27NO4. The summed E-state index contributed by atoms with van der Waals surface area (Å²) in [6.07, 6.45) is 4.98. The van der Waals surface area contributed by atoms with E-state index in [2.05, 4.69) is 12.2 Å². The first-order valence-electron chi connectivity index (χ1n) is 7.79. The van der Waals surface area contributed by atoms with Gasteiger partial charge in [-0.05, 0) is 30.9 Å². The molecule has 3 atom stereocenters. The zero-order valence-corrected chi connectivity index (χ0v) is 12.8. The second-order valence-electron chi connectivity index (χ2n) is 6.31. The molecule has 3 N–H and O–H groups in total. The van der Waals surface area contributed by atoms with Crippen molar-refractivity contribution < 1.29 is 19.4 Å². The fraction of sp³-hybridized carbons (Fsp3) is 0.750. The summed E-state index contributed by atoms with van der Waals surface area (Å²) in [6.45, 7) is 3.76. The number of hydrogen-bond acceptors (Lipinski definition) is 5. The van der Waals surface area contributed by atoms with Gasteiger partial charge in [-0.1, -0.05) is 19.8 Å². The Hall–Kier alpha value is -0.880. The van der Waals surface area contributed by atoms with E-state index in [1.54, 1.807) is 6.26 Å². The summed E-state index contributed by atoms with van der Waals surface area (Å²) in [4.78, 5) is 0. The lowest BCUT2D eigenvalue weighted by atomic mass is 9.79. The molecule has 0 amide bonds. The number of hydrogen-bond donors (Lipinski definition) is 3. The van der Waals surface area contributed by atoms with E-state index >= 15 is 0 Å². The van der Waals surface area contributed by atoms with Crippen molar-refractivity contribution in [1.29, 1.82) is 0 Å². The maximum atomic E-state index is 10.5. The van der Waals surface area contributed by atoms with Gasteiger partial charge in [0.1, 0.15) is 12.4 Å². The summed E-state index contributed by atoms with van der Waals surface area (Å²) in [7, 11) is 0. The van der Waals surface area contributed by atoms with Crippen molar-refractivity contribution in [2.24, 2.45) is 5.92 Å². The van der Waals surface area contributed by atoms with Crippen molar-refractivity contribution in [1.82, 2.24) is 5.32 Å². The molecule has 2 rings (SSSR count). The Balaban J connectivity index is 1.57. The zero-order valence-electron chi connectivity index (χ0n) is 12.8. The Morgan fingerprint density at radius 1 is 1.57 bits per heavy atom. The van der Waals surface area contributed by atoms with Crippen LogP contribution >= 0.6 is 0 Å². The third-order valence-electron chi connectivity index (χ3n) is 4.04. The molecule has 1 saturated carbocycles. The van der Waals surface area contributed by atoms with Crippen LogP contribution in [0.2, 0.25) is 0 Å². The number of furan rings is 1. The van der Waals surface area contributed by atoms with Gasteiger partial charge in [0.25, 0.3) is 0 Å². The number of rotatable bonds is 8. The quantitative estimate of drug-likeness (QED) is 0.681. The molecule has 1 aliphatic carbocycles. The molecular weight excluding hydrogens is 270 g/mol. The summed E-state index contributed by atoms with van der Waals surface area (Å²) in [6, 6.07) is 3.65. The molecule has 0 bridgehead atoms. The minimum absolute atomic E-state index is 0.253. The number of aliphatic hydroxyl groups is 2. The first-order valence-corrected chi connectivity index (χ1v) is 7.79. The van der Waals surface area contributed by atoms with Crippen LogP contribution in [0.15, 0.2) is 22.8 Å². The minimum atomic E-state index is -0.619. The van der Waals surface area contributed by atoms with Gasteiger partial charge < -0.3 is 24.7 Å².